The third-order valence-electron chi connectivity index (χ3n) is 2.93. The quantitative estimate of drug-likeness (QED) is 0.817. The van der Waals surface area contributed by atoms with Crippen molar-refractivity contribution in [2.75, 3.05) is 25.6 Å². The Hall–Kier alpha value is -2.23. The minimum Gasteiger partial charge on any atom is -0.497 e. The Morgan fingerprint density at radius 3 is 2.40 bits per heavy atom. The topological polar surface area (TPSA) is 30.5 Å². The van der Waals surface area contributed by atoms with E-state index in [0.29, 0.717) is 18.7 Å². The maximum Gasteiger partial charge on any atom is 0.128 e. The summed E-state index contributed by atoms with van der Waals surface area (Å²) in [4.78, 5) is 0. The van der Waals surface area contributed by atoms with Crippen LogP contribution in [-0.4, -0.2) is 20.3 Å². The van der Waals surface area contributed by atoms with Gasteiger partial charge in [0.05, 0.1) is 7.11 Å². The van der Waals surface area contributed by atoms with E-state index >= 15 is 0 Å². The molecule has 0 unspecified atom stereocenters. The largest absolute Gasteiger partial charge is 0.497 e. The Bertz CT molecular complexity index is 555. The van der Waals surface area contributed by atoms with Crippen LogP contribution in [0.5, 0.6) is 11.5 Å². The molecule has 20 heavy (non-hydrogen) atoms. The number of methoxy groups -OCH3 is 1. The molecule has 0 heterocycles. The normalized spacial score (nSPS) is 10.2. The fraction of sp³-hybridized carbons (Fsp3) is 0.250. The molecular weight excluding hydrogens is 257 g/mol. The summed E-state index contributed by atoms with van der Waals surface area (Å²) in [5.74, 6) is 1.37. The van der Waals surface area contributed by atoms with Crippen molar-refractivity contribution in [3.05, 3.63) is 53.8 Å². The minimum absolute atomic E-state index is 0.203. The van der Waals surface area contributed by atoms with E-state index in [0.717, 1.165) is 17.2 Å². The van der Waals surface area contributed by atoms with Crippen molar-refractivity contribution >= 4 is 5.69 Å². The van der Waals surface area contributed by atoms with E-state index in [1.165, 1.54) is 6.07 Å². The molecule has 2 aromatic rings. The minimum atomic E-state index is -0.203. The Labute approximate surface area is 118 Å². The van der Waals surface area contributed by atoms with E-state index in [1.54, 1.807) is 20.1 Å². The predicted octanol–water partition coefficient (Wildman–Crippen LogP) is 3.63. The number of halogens is 1. The molecule has 0 fully saturated rings. The van der Waals surface area contributed by atoms with E-state index in [4.69, 9.17) is 9.47 Å². The molecule has 0 saturated heterocycles. The first-order valence-electron chi connectivity index (χ1n) is 6.46. The molecule has 0 saturated carbocycles. The molecule has 0 atom stereocenters. The summed E-state index contributed by atoms with van der Waals surface area (Å²) in [5, 5.41) is 3.12. The van der Waals surface area contributed by atoms with Crippen LogP contribution in [0.2, 0.25) is 0 Å². The van der Waals surface area contributed by atoms with Gasteiger partial charge in [0.2, 0.25) is 0 Å². The Morgan fingerprint density at radius 1 is 1.05 bits per heavy atom. The second kappa shape index (κ2) is 6.80. The summed E-state index contributed by atoms with van der Waals surface area (Å²) >= 11 is 0. The first-order valence-corrected chi connectivity index (χ1v) is 6.46. The number of hydrogen-bond acceptors (Lipinski definition) is 3. The molecule has 0 amide bonds. The number of anilines is 1. The zero-order valence-electron chi connectivity index (χ0n) is 11.7. The third kappa shape index (κ3) is 3.88. The molecule has 0 radical (unpaired) electrons. The molecule has 2 rings (SSSR count). The summed E-state index contributed by atoms with van der Waals surface area (Å²) in [6.07, 6.45) is 0. The number of nitrogens with one attached hydrogen (secondary N) is 1. The van der Waals surface area contributed by atoms with Gasteiger partial charge in [0.25, 0.3) is 0 Å². The van der Waals surface area contributed by atoms with Gasteiger partial charge in [-0.1, -0.05) is 6.07 Å². The molecule has 3 nitrogen and oxygen atoms in total. The van der Waals surface area contributed by atoms with Crippen LogP contribution < -0.4 is 14.8 Å². The highest BCUT2D eigenvalue weighted by Gasteiger charge is 1.99. The van der Waals surface area contributed by atoms with E-state index in [1.807, 2.05) is 30.3 Å². The average Bonchev–Trinajstić information content (AvgIpc) is 2.48. The van der Waals surface area contributed by atoms with E-state index in [2.05, 4.69) is 5.32 Å². The Kier molecular flexibility index (Phi) is 4.82. The molecule has 0 aliphatic heterocycles. The lowest BCUT2D eigenvalue weighted by Crippen LogP contribution is -2.11. The van der Waals surface area contributed by atoms with Gasteiger partial charge in [0.15, 0.2) is 0 Å². The van der Waals surface area contributed by atoms with Crippen LogP contribution in [-0.2, 0) is 0 Å². The molecule has 4 heteroatoms. The molecule has 2 aromatic carbocycles. The second-order valence-electron chi connectivity index (χ2n) is 4.41. The van der Waals surface area contributed by atoms with Gasteiger partial charge in [0, 0.05) is 12.2 Å². The first-order chi connectivity index (χ1) is 9.69. The number of hydrogen-bond donors (Lipinski definition) is 1. The van der Waals surface area contributed by atoms with Crippen molar-refractivity contribution in [1.82, 2.24) is 0 Å². The lowest BCUT2D eigenvalue weighted by atomic mass is 10.2. The summed E-state index contributed by atoms with van der Waals surface area (Å²) in [7, 11) is 1.63. The summed E-state index contributed by atoms with van der Waals surface area (Å²) < 4.78 is 24.0. The van der Waals surface area contributed by atoms with Gasteiger partial charge in [-0.2, -0.15) is 0 Å². The highest BCUT2D eigenvalue weighted by Crippen LogP contribution is 2.17. The summed E-state index contributed by atoms with van der Waals surface area (Å²) in [5.41, 5.74) is 1.40. The number of benzene rings is 2. The van der Waals surface area contributed by atoms with Crippen LogP contribution in [0.3, 0.4) is 0 Å². The zero-order chi connectivity index (χ0) is 14.4. The molecule has 0 aromatic heterocycles. The van der Waals surface area contributed by atoms with Gasteiger partial charge in [-0.05, 0) is 48.9 Å². The molecule has 0 aliphatic carbocycles. The van der Waals surface area contributed by atoms with E-state index in [9.17, 15) is 4.39 Å². The van der Waals surface area contributed by atoms with Gasteiger partial charge >= 0.3 is 0 Å². The lowest BCUT2D eigenvalue weighted by molar-refractivity contribution is 0.331. The molecule has 106 valence electrons. The maximum absolute atomic E-state index is 13.3. The lowest BCUT2D eigenvalue weighted by Gasteiger charge is -2.09. The average molecular weight is 275 g/mol. The highest BCUT2D eigenvalue weighted by atomic mass is 19.1. The zero-order valence-corrected chi connectivity index (χ0v) is 11.7. The van der Waals surface area contributed by atoms with Crippen LogP contribution in [0.25, 0.3) is 0 Å². The van der Waals surface area contributed by atoms with Crippen LogP contribution in [0.4, 0.5) is 10.1 Å². The van der Waals surface area contributed by atoms with Crippen molar-refractivity contribution in [2.45, 2.75) is 6.92 Å². The van der Waals surface area contributed by atoms with Crippen molar-refractivity contribution in [2.24, 2.45) is 0 Å². The van der Waals surface area contributed by atoms with Gasteiger partial charge in [-0.25, -0.2) is 4.39 Å². The van der Waals surface area contributed by atoms with Gasteiger partial charge < -0.3 is 14.8 Å². The SMILES string of the molecule is COc1ccc(OCCNc2ccc(C)c(F)c2)cc1. The molecule has 1 N–H and O–H groups in total. The molecule has 0 spiro atoms. The standard InChI is InChI=1S/C16H18FNO2/c1-12-3-4-13(11-16(12)17)18-9-10-20-15-7-5-14(19-2)6-8-15/h3-8,11,18H,9-10H2,1-2H3. The Balaban J connectivity index is 1.76. The first kappa shape index (κ1) is 14.2. The van der Waals surface area contributed by atoms with E-state index in [-0.39, 0.29) is 5.82 Å². The third-order valence-corrected chi connectivity index (χ3v) is 2.93. The maximum atomic E-state index is 13.3. The van der Waals surface area contributed by atoms with Crippen molar-refractivity contribution in [3.63, 3.8) is 0 Å². The second-order valence-corrected chi connectivity index (χ2v) is 4.41. The fourth-order valence-electron chi connectivity index (χ4n) is 1.74. The van der Waals surface area contributed by atoms with Crippen molar-refractivity contribution < 1.29 is 13.9 Å². The summed E-state index contributed by atoms with van der Waals surface area (Å²) in [6, 6.07) is 12.5. The Morgan fingerprint density at radius 2 is 1.75 bits per heavy atom. The van der Waals surface area contributed by atoms with Gasteiger partial charge in [0.1, 0.15) is 23.9 Å². The van der Waals surface area contributed by atoms with Crippen LogP contribution in [0.15, 0.2) is 42.5 Å². The van der Waals surface area contributed by atoms with Crippen molar-refractivity contribution in [1.29, 1.82) is 0 Å². The molecule has 0 aliphatic rings. The number of rotatable bonds is 6. The van der Waals surface area contributed by atoms with Crippen LogP contribution in [0.1, 0.15) is 5.56 Å². The van der Waals surface area contributed by atoms with Gasteiger partial charge in [-0.15, -0.1) is 0 Å². The number of ether oxygens (including phenoxy) is 2. The molecular formula is C16H18FNO2. The smallest absolute Gasteiger partial charge is 0.128 e. The predicted molar refractivity (Wildman–Crippen MR) is 78.1 cm³/mol. The summed E-state index contributed by atoms with van der Waals surface area (Å²) in [6.45, 7) is 2.85. The molecule has 0 bridgehead atoms. The van der Waals surface area contributed by atoms with Crippen LogP contribution in [0, 0.1) is 12.7 Å². The highest BCUT2D eigenvalue weighted by molar-refractivity contribution is 5.45. The van der Waals surface area contributed by atoms with Gasteiger partial charge in [-0.3, -0.25) is 0 Å². The number of aryl methyl sites for hydroxylation is 1. The van der Waals surface area contributed by atoms with Crippen molar-refractivity contribution in [3.8, 4) is 11.5 Å². The fourth-order valence-corrected chi connectivity index (χ4v) is 1.74. The van der Waals surface area contributed by atoms with E-state index < -0.39 is 0 Å². The van der Waals surface area contributed by atoms with Crippen LogP contribution >= 0.6 is 0 Å². The monoisotopic (exact) mass is 275 g/mol.